The van der Waals surface area contributed by atoms with Gasteiger partial charge in [-0.2, -0.15) is 0 Å². The summed E-state index contributed by atoms with van der Waals surface area (Å²) in [6.45, 7) is 0.451. The molecule has 1 amide bonds. The van der Waals surface area contributed by atoms with Crippen LogP contribution in [-0.4, -0.2) is 10.9 Å². The molecule has 5 heteroatoms. The van der Waals surface area contributed by atoms with Gasteiger partial charge in [-0.25, -0.2) is 4.98 Å². The molecule has 0 aliphatic carbocycles. The number of rotatable bonds is 6. The van der Waals surface area contributed by atoms with Crippen LogP contribution in [-0.2, 0) is 6.61 Å². The Morgan fingerprint density at radius 1 is 0.875 bits per heavy atom. The first-order chi connectivity index (χ1) is 15.8. The molecule has 0 unspecified atom stereocenters. The molecule has 4 nitrogen and oxygen atoms in total. The Bertz CT molecular complexity index is 1370. The lowest BCUT2D eigenvalue weighted by atomic mass is 10.0. The smallest absolute Gasteiger partial charge is 0.257 e. The maximum Gasteiger partial charge on any atom is 0.257 e. The Labute approximate surface area is 190 Å². The highest BCUT2D eigenvalue weighted by atomic mass is 32.1. The second-order valence-electron chi connectivity index (χ2n) is 7.32. The molecule has 32 heavy (non-hydrogen) atoms. The van der Waals surface area contributed by atoms with Crippen LogP contribution in [0.1, 0.15) is 15.9 Å². The van der Waals surface area contributed by atoms with E-state index >= 15 is 0 Å². The lowest BCUT2D eigenvalue weighted by molar-refractivity contribution is 0.102. The standard InChI is InChI=1S/C27H20N2O2S/c30-26(21-12-6-13-22(16-21)31-17-19-8-2-1-3-9-19)29-27-28-25(18-32-27)24-15-7-11-20-10-4-5-14-23(20)24/h1-16,18H,17H2,(H,28,29,30). The molecule has 156 valence electrons. The van der Waals surface area contributed by atoms with E-state index in [1.807, 2.05) is 66.0 Å². The number of anilines is 1. The Balaban J connectivity index is 1.30. The molecule has 0 bridgehead atoms. The third-order valence-corrected chi connectivity index (χ3v) is 5.89. The van der Waals surface area contributed by atoms with Crippen molar-refractivity contribution in [1.29, 1.82) is 0 Å². The lowest BCUT2D eigenvalue weighted by Crippen LogP contribution is -2.11. The van der Waals surface area contributed by atoms with Crippen molar-refractivity contribution in [3.63, 3.8) is 0 Å². The van der Waals surface area contributed by atoms with Gasteiger partial charge in [0.2, 0.25) is 0 Å². The van der Waals surface area contributed by atoms with Crippen LogP contribution in [0.4, 0.5) is 5.13 Å². The first kappa shape index (κ1) is 20.0. The third kappa shape index (κ3) is 4.38. The molecule has 4 aromatic carbocycles. The van der Waals surface area contributed by atoms with Crippen molar-refractivity contribution in [3.05, 3.63) is 114 Å². The van der Waals surface area contributed by atoms with Gasteiger partial charge in [0.25, 0.3) is 5.91 Å². The minimum absolute atomic E-state index is 0.214. The van der Waals surface area contributed by atoms with Crippen LogP contribution >= 0.6 is 11.3 Å². The van der Waals surface area contributed by atoms with Crippen molar-refractivity contribution in [2.75, 3.05) is 5.32 Å². The van der Waals surface area contributed by atoms with Gasteiger partial charge in [0.05, 0.1) is 5.69 Å². The fourth-order valence-electron chi connectivity index (χ4n) is 3.54. The second-order valence-corrected chi connectivity index (χ2v) is 8.18. The fourth-order valence-corrected chi connectivity index (χ4v) is 4.25. The summed E-state index contributed by atoms with van der Waals surface area (Å²) >= 11 is 1.41. The first-order valence-electron chi connectivity index (χ1n) is 10.3. The molecule has 5 rings (SSSR count). The molecule has 0 saturated carbocycles. The molecule has 0 spiro atoms. The van der Waals surface area contributed by atoms with Gasteiger partial charge in [0.15, 0.2) is 5.13 Å². The zero-order chi connectivity index (χ0) is 21.8. The average Bonchev–Trinajstić information content (AvgIpc) is 3.31. The maximum atomic E-state index is 12.8. The number of fused-ring (bicyclic) bond motifs is 1. The predicted molar refractivity (Wildman–Crippen MR) is 130 cm³/mol. The highest BCUT2D eigenvalue weighted by Gasteiger charge is 2.12. The van der Waals surface area contributed by atoms with Gasteiger partial charge < -0.3 is 4.74 Å². The fraction of sp³-hybridized carbons (Fsp3) is 0.0370. The molecular weight excluding hydrogens is 416 g/mol. The number of amides is 1. The molecule has 0 atom stereocenters. The number of carbonyl (C=O) groups is 1. The van der Waals surface area contributed by atoms with E-state index in [0.29, 0.717) is 23.1 Å². The third-order valence-electron chi connectivity index (χ3n) is 5.13. The number of aromatic nitrogens is 1. The number of nitrogens with zero attached hydrogens (tertiary/aromatic N) is 1. The molecule has 0 fully saturated rings. The van der Waals surface area contributed by atoms with Crippen molar-refractivity contribution < 1.29 is 9.53 Å². The summed E-state index contributed by atoms with van der Waals surface area (Å²) in [4.78, 5) is 17.4. The van der Waals surface area contributed by atoms with E-state index in [4.69, 9.17) is 4.74 Å². The van der Waals surface area contributed by atoms with Crippen LogP contribution < -0.4 is 10.1 Å². The Morgan fingerprint density at radius 2 is 1.66 bits per heavy atom. The summed E-state index contributed by atoms with van der Waals surface area (Å²) in [5, 5.41) is 7.75. The summed E-state index contributed by atoms with van der Waals surface area (Å²) in [5.74, 6) is 0.436. The largest absolute Gasteiger partial charge is 0.489 e. The van der Waals surface area contributed by atoms with Gasteiger partial charge in [-0.15, -0.1) is 11.3 Å². The number of hydrogen-bond donors (Lipinski definition) is 1. The Morgan fingerprint density at radius 3 is 2.56 bits per heavy atom. The van der Waals surface area contributed by atoms with Crippen LogP contribution in [0, 0.1) is 0 Å². The highest BCUT2D eigenvalue weighted by molar-refractivity contribution is 7.14. The summed E-state index contributed by atoms with van der Waals surface area (Å²) in [6.07, 6.45) is 0. The van der Waals surface area contributed by atoms with Crippen LogP contribution in [0.15, 0.2) is 102 Å². The molecular formula is C27H20N2O2S. The average molecular weight is 437 g/mol. The quantitative estimate of drug-likeness (QED) is 0.319. The van der Waals surface area contributed by atoms with E-state index in [1.54, 1.807) is 12.1 Å². The second kappa shape index (κ2) is 9.04. The number of hydrogen-bond acceptors (Lipinski definition) is 4. The molecule has 5 aromatic rings. The molecule has 1 N–H and O–H groups in total. The van der Waals surface area contributed by atoms with E-state index < -0.39 is 0 Å². The minimum atomic E-state index is -0.214. The molecule has 0 saturated heterocycles. The first-order valence-corrected chi connectivity index (χ1v) is 11.2. The molecule has 0 aliphatic heterocycles. The van der Waals surface area contributed by atoms with Crippen LogP contribution in [0.2, 0.25) is 0 Å². The summed E-state index contributed by atoms with van der Waals surface area (Å²) < 4.78 is 5.84. The zero-order valence-electron chi connectivity index (χ0n) is 17.2. The van der Waals surface area contributed by atoms with Crippen molar-refractivity contribution in [2.24, 2.45) is 0 Å². The van der Waals surface area contributed by atoms with Gasteiger partial charge in [-0.3, -0.25) is 10.1 Å². The van der Waals surface area contributed by atoms with Crippen molar-refractivity contribution in [1.82, 2.24) is 4.98 Å². The van der Waals surface area contributed by atoms with Gasteiger partial charge in [0, 0.05) is 16.5 Å². The molecule has 0 radical (unpaired) electrons. The van der Waals surface area contributed by atoms with Crippen molar-refractivity contribution >= 4 is 33.1 Å². The molecule has 1 aromatic heterocycles. The van der Waals surface area contributed by atoms with E-state index in [2.05, 4.69) is 34.6 Å². The van der Waals surface area contributed by atoms with Gasteiger partial charge in [-0.05, 0) is 34.5 Å². The number of nitrogens with one attached hydrogen (secondary N) is 1. The lowest BCUT2D eigenvalue weighted by Gasteiger charge is -2.08. The van der Waals surface area contributed by atoms with E-state index in [9.17, 15) is 4.79 Å². The Hall–Kier alpha value is -3.96. The number of carbonyl (C=O) groups excluding carboxylic acids is 1. The highest BCUT2D eigenvalue weighted by Crippen LogP contribution is 2.31. The van der Waals surface area contributed by atoms with Gasteiger partial charge in [-0.1, -0.05) is 78.9 Å². The minimum Gasteiger partial charge on any atom is -0.489 e. The predicted octanol–water partition coefficient (Wildman–Crippen LogP) is 6.79. The number of ether oxygens (including phenoxy) is 1. The monoisotopic (exact) mass is 436 g/mol. The maximum absolute atomic E-state index is 12.8. The van der Waals surface area contributed by atoms with E-state index in [0.717, 1.165) is 27.6 Å². The van der Waals surface area contributed by atoms with E-state index in [1.165, 1.54) is 11.3 Å². The van der Waals surface area contributed by atoms with Crippen LogP contribution in [0.3, 0.4) is 0 Å². The summed E-state index contributed by atoms with van der Waals surface area (Å²) in [7, 11) is 0. The van der Waals surface area contributed by atoms with Crippen LogP contribution in [0.25, 0.3) is 22.0 Å². The SMILES string of the molecule is O=C(Nc1nc(-c2cccc3ccccc23)cs1)c1cccc(OCc2ccccc2)c1. The topological polar surface area (TPSA) is 51.2 Å². The van der Waals surface area contributed by atoms with Gasteiger partial charge in [0.1, 0.15) is 12.4 Å². The van der Waals surface area contributed by atoms with Crippen molar-refractivity contribution in [2.45, 2.75) is 6.61 Å². The summed E-state index contributed by atoms with van der Waals surface area (Å²) in [5.41, 5.74) is 3.50. The molecule has 1 heterocycles. The van der Waals surface area contributed by atoms with Crippen molar-refractivity contribution in [3.8, 4) is 17.0 Å². The zero-order valence-corrected chi connectivity index (χ0v) is 18.0. The van der Waals surface area contributed by atoms with E-state index in [-0.39, 0.29) is 5.91 Å². The number of benzene rings is 4. The Kier molecular flexibility index (Phi) is 5.64. The molecule has 0 aliphatic rings. The summed E-state index contributed by atoms with van der Waals surface area (Å²) in [6, 6.07) is 31.5. The normalized spacial score (nSPS) is 10.8. The van der Waals surface area contributed by atoms with Gasteiger partial charge >= 0.3 is 0 Å². The van der Waals surface area contributed by atoms with Crippen LogP contribution in [0.5, 0.6) is 5.75 Å². The number of thiazole rings is 1.